The van der Waals surface area contributed by atoms with E-state index in [0.717, 1.165) is 31.7 Å². The van der Waals surface area contributed by atoms with Crippen molar-refractivity contribution in [1.29, 1.82) is 0 Å². The fourth-order valence-electron chi connectivity index (χ4n) is 2.91. The van der Waals surface area contributed by atoms with Crippen molar-refractivity contribution >= 4 is 43.3 Å². The van der Waals surface area contributed by atoms with Gasteiger partial charge in [0.05, 0.1) is 4.92 Å². The van der Waals surface area contributed by atoms with Crippen LogP contribution in [-0.2, 0) is 6.54 Å². The van der Waals surface area contributed by atoms with Crippen LogP contribution in [0.1, 0.15) is 5.56 Å². The van der Waals surface area contributed by atoms with Gasteiger partial charge in [0.15, 0.2) is 0 Å². The third kappa shape index (κ3) is 2.55. The number of hydrogen-bond donors (Lipinski definition) is 0. The molecule has 0 aliphatic carbocycles. The van der Waals surface area contributed by atoms with Crippen molar-refractivity contribution in [3.05, 3.63) is 81.2 Å². The van der Waals surface area contributed by atoms with Gasteiger partial charge in [0.25, 0.3) is 5.69 Å². The summed E-state index contributed by atoms with van der Waals surface area (Å²) in [5, 5.41) is 14.0. The number of rotatable bonds is 3. The molecule has 118 valence electrons. The van der Waals surface area contributed by atoms with Gasteiger partial charge in [0.2, 0.25) is 0 Å². The smallest absolute Gasteiger partial charge is 0.270 e. The summed E-state index contributed by atoms with van der Waals surface area (Å²) in [7, 11) is 0. The van der Waals surface area contributed by atoms with E-state index in [2.05, 4.69) is 43.7 Å². The second-order valence-corrected chi connectivity index (χ2v) is 6.48. The fourth-order valence-corrected chi connectivity index (χ4v) is 3.37. The van der Waals surface area contributed by atoms with Crippen LogP contribution in [0.15, 0.2) is 65.5 Å². The predicted octanol–water partition coefficient (Wildman–Crippen LogP) is 4.91. The Hall–Kier alpha value is -2.73. The summed E-state index contributed by atoms with van der Waals surface area (Å²) in [6, 6.07) is 13.1. The average Bonchev–Trinajstić information content (AvgIpc) is 2.98. The molecule has 0 aliphatic rings. The molecule has 0 N–H and O–H groups in total. The number of nitrogens with zero attached hydrogens (tertiary/aromatic N) is 3. The average molecular weight is 382 g/mol. The molecule has 0 atom stereocenters. The van der Waals surface area contributed by atoms with Crippen molar-refractivity contribution in [3.8, 4) is 0 Å². The van der Waals surface area contributed by atoms with Gasteiger partial charge in [-0.05, 0) is 45.1 Å². The molecule has 5 nitrogen and oxygen atoms in total. The first-order chi connectivity index (χ1) is 11.6. The van der Waals surface area contributed by atoms with Gasteiger partial charge in [-0.3, -0.25) is 15.1 Å². The van der Waals surface area contributed by atoms with Crippen molar-refractivity contribution in [2.75, 3.05) is 0 Å². The van der Waals surface area contributed by atoms with Crippen LogP contribution < -0.4 is 0 Å². The van der Waals surface area contributed by atoms with Gasteiger partial charge in [0.1, 0.15) is 0 Å². The molecule has 0 radical (unpaired) electrons. The van der Waals surface area contributed by atoms with E-state index < -0.39 is 0 Å². The Morgan fingerprint density at radius 3 is 2.79 bits per heavy atom. The normalized spacial score (nSPS) is 11.2. The Bertz CT molecular complexity index is 1090. The van der Waals surface area contributed by atoms with Crippen molar-refractivity contribution < 1.29 is 4.92 Å². The summed E-state index contributed by atoms with van der Waals surface area (Å²) in [5.41, 5.74) is 2.25. The van der Waals surface area contributed by atoms with Crippen LogP contribution in [0.4, 0.5) is 5.69 Å². The topological polar surface area (TPSA) is 61.0 Å². The third-order valence-electron chi connectivity index (χ3n) is 4.09. The Balaban J connectivity index is 1.74. The highest BCUT2D eigenvalue weighted by molar-refractivity contribution is 9.10. The van der Waals surface area contributed by atoms with E-state index in [4.69, 9.17) is 0 Å². The van der Waals surface area contributed by atoms with Gasteiger partial charge >= 0.3 is 0 Å². The van der Waals surface area contributed by atoms with E-state index in [1.54, 1.807) is 24.4 Å². The van der Waals surface area contributed by atoms with Crippen LogP contribution in [0.3, 0.4) is 0 Å². The summed E-state index contributed by atoms with van der Waals surface area (Å²) < 4.78 is 3.06. The lowest BCUT2D eigenvalue weighted by atomic mass is 10.1. The van der Waals surface area contributed by atoms with E-state index in [-0.39, 0.29) is 10.6 Å². The van der Waals surface area contributed by atoms with E-state index in [1.807, 2.05) is 18.5 Å². The first-order valence-corrected chi connectivity index (χ1v) is 8.16. The second-order valence-electron chi connectivity index (χ2n) is 5.62. The van der Waals surface area contributed by atoms with E-state index in [9.17, 15) is 10.1 Å². The largest absolute Gasteiger partial charge is 0.343 e. The summed E-state index contributed by atoms with van der Waals surface area (Å²) in [4.78, 5) is 14.7. The van der Waals surface area contributed by atoms with Crippen molar-refractivity contribution in [2.24, 2.45) is 0 Å². The number of pyridine rings is 1. The minimum atomic E-state index is -0.369. The molecule has 0 spiro atoms. The molecular formula is C18H12BrN3O2. The first-order valence-electron chi connectivity index (χ1n) is 7.37. The highest BCUT2D eigenvalue weighted by Gasteiger charge is 2.09. The maximum atomic E-state index is 10.9. The monoisotopic (exact) mass is 381 g/mol. The Labute approximate surface area is 145 Å². The number of halogens is 1. The van der Waals surface area contributed by atoms with Crippen LogP contribution in [0.2, 0.25) is 0 Å². The molecule has 4 aromatic rings. The molecule has 0 bridgehead atoms. The number of nitro groups is 1. The number of fused-ring (bicyclic) bond motifs is 2. The molecule has 6 heteroatoms. The molecule has 2 heterocycles. The van der Waals surface area contributed by atoms with Gasteiger partial charge in [-0.15, -0.1) is 0 Å². The summed E-state index contributed by atoms with van der Waals surface area (Å²) in [6.45, 7) is 0.700. The molecule has 2 aromatic heterocycles. The Morgan fingerprint density at radius 1 is 1.08 bits per heavy atom. The molecule has 0 aliphatic heterocycles. The van der Waals surface area contributed by atoms with Gasteiger partial charge in [-0.1, -0.05) is 12.1 Å². The minimum Gasteiger partial charge on any atom is -0.343 e. The molecular weight excluding hydrogens is 370 g/mol. The lowest BCUT2D eigenvalue weighted by Gasteiger charge is -2.08. The maximum Gasteiger partial charge on any atom is 0.270 e. The van der Waals surface area contributed by atoms with Crippen molar-refractivity contribution in [3.63, 3.8) is 0 Å². The fraction of sp³-hybridized carbons (Fsp3) is 0.0556. The highest BCUT2D eigenvalue weighted by Crippen LogP contribution is 2.26. The zero-order valence-corrected chi connectivity index (χ0v) is 14.1. The Morgan fingerprint density at radius 2 is 1.96 bits per heavy atom. The Kier molecular flexibility index (Phi) is 3.54. The van der Waals surface area contributed by atoms with Crippen LogP contribution >= 0.6 is 15.9 Å². The summed E-state index contributed by atoms with van der Waals surface area (Å²) >= 11 is 3.54. The molecule has 0 unspecified atom stereocenters. The number of benzene rings is 2. The van der Waals surface area contributed by atoms with Crippen LogP contribution in [0.5, 0.6) is 0 Å². The van der Waals surface area contributed by atoms with Crippen molar-refractivity contribution in [1.82, 2.24) is 9.55 Å². The number of non-ortho nitro benzene ring substituents is 1. The number of nitro benzene ring substituents is 1. The van der Waals surface area contributed by atoms with E-state index in [0.29, 0.717) is 6.54 Å². The quantitative estimate of drug-likeness (QED) is 0.374. The third-order valence-corrected chi connectivity index (χ3v) is 4.73. The lowest BCUT2D eigenvalue weighted by Crippen LogP contribution is -1.98. The molecule has 0 amide bonds. The first kappa shape index (κ1) is 14.8. The van der Waals surface area contributed by atoms with Crippen molar-refractivity contribution in [2.45, 2.75) is 6.54 Å². The number of aromatic nitrogens is 2. The van der Waals surface area contributed by atoms with Gasteiger partial charge in [0, 0.05) is 58.0 Å². The SMILES string of the molecule is O=[N+]([O-])c1ccc2c(ccn2Cc2ccc3cncc(Br)c3c2)c1. The molecule has 0 saturated carbocycles. The van der Waals surface area contributed by atoms with Gasteiger partial charge in [-0.25, -0.2) is 0 Å². The molecule has 4 rings (SSSR count). The van der Waals surface area contributed by atoms with E-state index >= 15 is 0 Å². The second kappa shape index (κ2) is 5.72. The van der Waals surface area contributed by atoms with Crippen LogP contribution in [0.25, 0.3) is 21.7 Å². The molecule has 2 aromatic carbocycles. The van der Waals surface area contributed by atoms with Gasteiger partial charge in [-0.2, -0.15) is 0 Å². The molecule has 0 fully saturated rings. The van der Waals surface area contributed by atoms with E-state index in [1.165, 1.54) is 0 Å². The van der Waals surface area contributed by atoms with Crippen LogP contribution in [-0.4, -0.2) is 14.5 Å². The molecule has 24 heavy (non-hydrogen) atoms. The zero-order valence-electron chi connectivity index (χ0n) is 12.5. The molecule has 0 saturated heterocycles. The maximum absolute atomic E-state index is 10.9. The standard InChI is InChI=1S/C18H12BrN3O2/c19-17-10-20-9-14-2-1-12(7-16(14)17)11-21-6-5-13-8-15(22(23)24)3-4-18(13)21/h1-10H,11H2. The predicted molar refractivity (Wildman–Crippen MR) is 97.1 cm³/mol. The highest BCUT2D eigenvalue weighted by atomic mass is 79.9. The lowest BCUT2D eigenvalue weighted by molar-refractivity contribution is -0.384. The zero-order chi connectivity index (χ0) is 16.7. The summed E-state index contributed by atoms with van der Waals surface area (Å²) in [6.07, 6.45) is 5.59. The summed E-state index contributed by atoms with van der Waals surface area (Å²) in [5.74, 6) is 0. The minimum absolute atomic E-state index is 0.113. The van der Waals surface area contributed by atoms with Crippen LogP contribution in [0, 0.1) is 10.1 Å². The van der Waals surface area contributed by atoms with Gasteiger partial charge < -0.3 is 4.57 Å². The number of hydrogen-bond acceptors (Lipinski definition) is 3.